The number of nitrogens with zero attached hydrogens (tertiary/aromatic N) is 1. The number of halogens is 2. The molecule has 1 heterocycles. The third-order valence-electron chi connectivity index (χ3n) is 4.47. The predicted molar refractivity (Wildman–Crippen MR) is 98.8 cm³/mol. The standard InChI is InChI=1S/C17H25ClN2O3.ClH/c1-4-12-8-13(18)16(23-3)14(15(12)21)17(22)19-9-11-6-7-20(5-2)10-11;/h8,11,21H,4-7,9-10H2,1-3H3,(H,19,22);1H/t11-;/m0./s1. The summed E-state index contributed by atoms with van der Waals surface area (Å²) in [6.07, 6.45) is 1.66. The van der Waals surface area contributed by atoms with Crippen LogP contribution in [0.1, 0.15) is 36.2 Å². The molecule has 0 unspecified atom stereocenters. The number of benzene rings is 1. The highest BCUT2D eigenvalue weighted by atomic mass is 35.5. The lowest BCUT2D eigenvalue weighted by atomic mass is 10.0. The van der Waals surface area contributed by atoms with Gasteiger partial charge < -0.3 is 20.1 Å². The molecule has 1 aliphatic heterocycles. The van der Waals surface area contributed by atoms with Gasteiger partial charge in [0.1, 0.15) is 11.3 Å². The van der Waals surface area contributed by atoms with Gasteiger partial charge in [-0.1, -0.05) is 25.4 Å². The summed E-state index contributed by atoms with van der Waals surface area (Å²) in [6.45, 7) is 7.73. The lowest BCUT2D eigenvalue weighted by Gasteiger charge is -2.17. The van der Waals surface area contributed by atoms with Crippen LogP contribution in [0.5, 0.6) is 11.5 Å². The molecule has 1 aromatic rings. The fourth-order valence-corrected chi connectivity index (χ4v) is 3.35. The number of rotatable bonds is 6. The Morgan fingerprint density at radius 3 is 2.75 bits per heavy atom. The number of aromatic hydroxyl groups is 1. The van der Waals surface area contributed by atoms with Crippen LogP contribution in [0.3, 0.4) is 0 Å². The van der Waals surface area contributed by atoms with Crippen molar-refractivity contribution in [2.75, 3.05) is 33.3 Å². The summed E-state index contributed by atoms with van der Waals surface area (Å²) in [4.78, 5) is 14.9. The Balaban J connectivity index is 0.00000288. The van der Waals surface area contributed by atoms with Crippen molar-refractivity contribution in [2.45, 2.75) is 26.7 Å². The molecule has 7 heteroatoms. The van der Waals surface area contributed by atoms with Gasteiger partial charge in [-0.15, -0.1) is 12.4 Å². The maximum Gasteiger partial charge on any atom is 0.258 e. The van der Waals surface area contributed by atoms with Crippen molar-refractivity contribution in [3.05, 3.63) is 22.2 Å². The zero-order chi connectivity index (χ0) is 17.0. The van der Waals surface area contributed by atoms with Crippen molar-refractivity contribution < 1.29 is 14.6 Å². The number of carbonyl (C=O) groups is 1. The smallest absolute Gasteiger partial charge is 0.258 e. The van der Waals surface area contributed by atoms with Gasteiger partial charge in [-0.05, 0) is 43.5 Å². The number of aryl methyl sites for hydroxylation is 1. The number of methoxy groups -OCH3 is 1. The van der Waals surface area contributed by atoms with Crippen LogP contribution in [0.15, 0.2) is 6.07 Å². The zero-order valence-electron chi connectivity index (χ0n) is 14.4. The van der Waals surface area contributed by atoms with Crippen LogP contribution in [0.25, 0.3) is 0 Å². The number of ether oxygens (including phenoxy) is 1. The number of nitrogens with one attached hydrogen (secondary N) is 1. The van der Waals surface area contributed by atoms with Gasteiger partial charge in [0.15, 0.2) is 5.75 Å². The summed E-state index contributed by atoms with van der Waals surface area (Å²) in [7, 11) is 1.44. The van der Waals surface area contributed by atoms with E-state index in [0.29, 0.717) is 29.5 Å². The van der Waals surface area contributed by atoms with Crippen LogP contribution in [-0.4, -0.2) is 49.2 Å². The van der Waals surface area contributed by atoms with Gasteiger partial charge in [0.05, 0.1) is 12.1 Å². The van der Waals surface area contributed by atoms with Crippen LogP contribution in [0, 0.1) is 5.92 Å². The quantitative estimate of drug-likeness (QED) is 0.800. The number of amides is 1. The van der Waals surface area contributed by atoms with E-state index >= 15 is 0 Å². The van der Waals surface area contributed by atoms with E-state index in [1.807, 2.05) is 6.92 Å². The van der Waals surface area contributed by atoms with Crippen LogP contribution in [-0.2, 0) is 6.42 Å². The Bertz CT molecular complexity index is 581. The number of carbonyl (C=O) groups excluding carboxylic acids is 1. The number of likely N-dealkylation sites (tertiary alicyclic amines) is 1. The minimum Gasteiger partial charge on any atom is -0.507 e. The Morgan fingerprint density at radius 2 is 2.21 bits per heavy atom. The van der Waals surface area contributed by atoms with E-state index in [1.165, 1.54) is 7.11 Å². The molecule has 0 saturated carbocycles. The van der Waals surface area contributed by atoms with Gasteiger partial charge in [-0.2, -0.15) is 0 Å². The molecule has 2 rings (SSSR count). The largest absolute Gasteiger partial charge is 0.507 e. The molecule has 2 N–H and O–H groups in total. The van der Waals surface area contributed by atoms with Crippen molar-refractivity contribution >= 4 is 29.9 Å². The van der Waals surface area contributed by atoms with Crippen LogP contribution in [0.4, 0.5) is 0 Å². The average Bonchev–Trinajstić information content (AvgIpc) is 3.02. The summed E-state index contributed by atoms with van der Waals surface area (Å²) in [5.41, 5.74) is 0.765. The van der Waals surface area contributed by atoms with E-state index in [1.54, 1.807) is 6.07 Å². The Hall–Kier alpha value is -1.17. The normalized spacial score (nSPS) is 17.4. The molecule has 24 heavy (non-hydrogen) atoms. The maximum atomic E-state index is 12.6. The zero-order valence-corrected chi connectivity index (χ0v) is 16.0. The summed E-state index contributed by atoms with van der Waals surface area (Å²) in [5.74, 6) is 0.275. The average molecular weight is 377 g/mol. The molecule has 0 aliphatic carbocycles. The van der Waals surface area contributed by atoms with Crippen molar-refractivity contribution in [3.63, 3.8) is 0 Å². The molecular weight excluding hydrogens is 351 g/mol. The maximum absolute atomic E-state index is 12.6. The minimum absolute atomic E-state index is 0. The first kappa shape index (κ1) is 20.9. The first-order chi connectivity index (χ1) is 11.0. The van der Waals surface area contributed by atoms with Crippen LogP contribution < -0.4 is 10.1 Å². The minimum atomic E-state index is -0.341. The molecular formula is C17H26Cl2N2O3. The molecule has 1 amide bonds. The van der Waals surface area contributed by atoms with Gasteiger partial charge in [-0.25, -0.2) is 0 Å². The second-order valence-corrected chi connectivity index (χ2v) is 6.29. The molecule has 136 valence electrons. The third kappa shape index (κ3) is 4.47. The molecule has 0 spiro atoms. The monoisotopic (exact) mass is 376 g/mol. The number of hydrogen-bond donors (Lipinski definition) is 2. The molecule has 1 aliphatic rings. The van der Waals surface area contributed by atoms with E-state index < -0.39 is 0 Å². The molecule has 5 nitrogen and oxygen atoms in total. The van der Waals surface area contributed by atoms with E-state index in [2.05, 4.69) is 17.1 Å². The highest BCUT2D eigenvalue weighted by Crippen LogP contribution is 2.38. The number of phenolic OH excluding ortho intramolecular Hbond substituents is 1. The van der Waals surface area contributed by atoms with Gasteiger partial charge >= 0.3 is 0 Å². The summed E-state index contributed by atoms with van der Waals surface area (Å²) in [6, 6.07) is 1.64. The fraction of sp³-hybridized carbons (Fsp3) is 0.588. The van der Waals surface area contributed by atoms with Gasteiger partial charge in [0, 0.05) is 13.1 Å². The molecule has 1 fully saturated rings. The summed E-state index contributed by atoms with van der Waals surface area (Å²) in [5, 5.41) is 13.6. The number of phenols is 1. The second kappa shape index (κ2) is 9.35. The SMILES string of the molecule is CCc1cc(Cl)c(OC)c(C(=O)NC[C@@H]2CCN(CC)C2)c1O.Cl. The molecule has 1 saturated heterocycles. The van der Waals surface area contributed by atoms with E-state index in [0.717, 1.165) is 26.1 Å². The van der Waals surface area contributed by atoms with Crippen molar-refractivity contribution in [1.82, 2.24) is 10.2 Å². The lowest BCUT2D eigenvalue weighted by molar-refractivity contribution is 0.0941. The Kier molecular flexibility index (Phi) is 8.13. The molecule has 0 radical (unpaired) electrons. The van der Waals surface area contributed by atoms with Crippen molar-refractivity contribution in [1.29, 1.82) is 0 Å². The predicted octanol–water partition coefficient (Wildman–Crippen LogP) is 3.11. The van der Waals surface area contributed by atoms with Crippen LogP contribution in [0.2, 0.25) is 5.02 Å². The molecule has 1 aromatic carbocycles. The molecule has 0 bridgehead atoms. The van der Waals surface area contributed by atoms with E-state index in [4.69, 9.17) is 16.3 Å². The van der Waals surface area contributed by atoms with Gasteiger partial charge in [0.2, 0.25) is 0 Å². The second-order valence-electron chi connectivity index (χ2n) is 5.89. The van der Waals surface area contributed by atoms with E-state index in [9.17, 15) is 9.90 Å². The number of hydrogen-bond acceptors (Lipinski definition) is 4. The highest BCUT2D eigenvalue weighted by Gasteiger charge is 2.25. The lowest BCUT2D eigenvalue weighted by Crippen LogP contribution is -2.31. The first-order valence-electron chi connectivity index (χ1n) is 8.10. The topological polar surface area (TPSA) is 61.8 Å². The first-order valence-corrected chi connectivity index (χ1v) is 8.48. The third-order valence-corrected chi connectivity index (χ3v) is 4.75. The summed E-state index contributed by atoms with van der Waals surface area (Å²) >= 11 is 6.17. The Morgan fingerprint density at radius 1 is 1.50 bits per heavy atom. The van der Waals surface area contributed by atoms with Gasteiger partial charge in [0.25, 0.3) is 5.91 Å². The van der Waals surface area contributed by atoms with E-state index in [-0.39, 0.29) is 35.4 Å². The molecule has 0 aromatic heterocycles. The van der Waals surface area contributed by atoms with Gasteiger partial charge in [-0.3, -0.25) is 4.79 Å². The van der Waals surface area contributed by atoms with Crippen molar-refractivity contribution in [2.24, 2.45) is 5.92 Å². The van der Waals surface area contributed by atoms with Crippen LogP contribution >= 0.6 is 24.0 Å². The highest BCUT2D eigenvalue weighted by molar-refractivity contribution is 6.33. The molecule has 1 atom stereocenters. The Labute approximate surface area is 154 Å². The fourth-order valence-electron chi connectivity index (χ4n) is 3.05. The summed E-state index contributed by atoms with van der Waals surface area (Å²) < 4.78 is 5.22. The van der Waals surface area contributed by atoms with Crippen molar-refractivity contribution in [3.8, 4) is 11.5 Å².